The quantitative estimate of drug-likeness (QED) is 0.572. The van der Waals surface area contributed by atoms with E-state index < -0.39 is 0 Å². The molecular formula is C17H25NO3. The van der Waals surface area contributed by atoms with Crippen molar-refractivity contribution in [2.45, 2.75) is 38.9 Å². The second-order valence-electron chi connectivity index (χ2n) is 5.76. The van der Waals surface area contributed by atoms with Crippen LogP contribution in [0.3, 0.4) is 0 Å². The van der Waals surface area contributed by atoms with Gasteiger partial charge in [-0.1, -0.05) is 12.1 Å². The second-order valence-corrected chi connectivity index (χ2v) is 5.76. The first-order valence-corrected chi connectivity index (χ1v) is 7.73. The first kappa shape index (κ1) is 16.0. The molecule has 21 heavy (non-hydrogen) atoms. The second kappa shape index (κ2) is 8.15. The Bertz CT molecular complexity index is 439. The van der Waals surface area contributed by atoms with E-state index in [9.17, 15) is 4.79 Å². The van der Waals surface area contributed by atoms with Crippen molar-refractivity contribution in [3.63, 3.8) is 0 Å². The molecule has 0 aliphatic carbocycles. The molecule has 0 N–H and O–H groups in total. The molecule has 0 bridgehead atoms. The molecule has 1 saturated heterocycles. The van der Waals surface area contributed by atoms with E-state index >= 15 is 0 Å². The zero-order valence-corrected chi connectivity index (χ0v) is 13.0. The summed E-state index contributed by atoms with van der Waals surface area (Å²) in [4.78, 5) is 13.2. The number of morpholine rings is 1. The van der Waals surface area contributed by atoms with Crippen LogP contribution in [0.1, 0.15) is 37.0 Å². The summed E-state index contributed by atoms with van der Waals surface area (Å²) < 4.78 is 11.4. The van der Waals surface area contributed by atoms with Gasteiger partial charge < -0.3 is 9.47 Å². The number of rotatable bonds is 7. The van der Waals surface area contributed by atoms with E-state index in [1.807, 2.05) is 12.1 Å². The number of carbonyl (C=O) groups is 1. The summed E-state index contributed by atoms with van der Waals surface area (Å²) in [5.41, 5.74) is 0.656. The van der Waals surface area contributed by atoms with Crippen LogP contribution in [0.4, 0.5) is 0 Å². The van der Waals surface area contributed by atoms with Gasteiger partial charge in [-0.2, -0.15) is 0 Å². The number of unbranched alkanes of at least 4 members (excludes halogenated alkanes) is 1. The number of hydrogen-bond acceptors (Lipinski definition) is 4. The van der Waals surface area contributed by atoms with Crippen molar-refractivity contribution in [3.8, 4) is 5.75 Å². The highest BCUT2D eigenvalue weighted by Gasteiger charge is 2.21. The standard InChI is InChI=1S/C17H25NO3/c1-14-11-18(12-15(2)21-14)8-3-4-9-20-17-7-5-6-16(10-17)13-19/h5-7,10,13-15H,3-4,8-9,11-12H2,1-2H3. The molecule has 0 saturated carbocycles. The van der Waals surface area contributed by atoms with Gasteiger partial charge in [0.15, 0.2) is 0 Å². The van der Waals surface area contributed by atoms with E-state index in [2.05, 4.69) is 18.7 Å². The maximum Gasteiger partial charge on any atom is 0.150 e. The Morgan fingerprint density at radius 1 is 1.29 bits per heavy atom. The van der Waals surface area contributed by atoms with Gasteiger partial charge in [-0.15, -0.1) is 0 Å². The molecule has 0 amide bonds. The SMILES string of the molecule is CC1CN(CCCCOc2cccc(C=O)c2)CC(C)O1. The van der Waals surface area contributed by atoms with Crippen LogP contribution in [0.2, 0.25) is 0 Å². The van der Waals surface area contributed by atoms with Crippen molar-refractivity contribution in [2.75, 3.05) is 26.2 Å². The Hall–Kier alpha value is -1.39. The molecule has 2 rings (SSSR count). The van der Waals surface area contributed by atoms with Crippen LogP contribution in [0.5, 0.6) is 5.75 Å². The number of carbonyl (C=O) groups excluding carboxylic acids is 1. The molecule has 1 aliphatic rings. The Balaban J connectivity index is 1.62. The topological polar surface area (TPSA) is 38.8 Å². The maximum absolute atomic E-state index is 10.7. The molecule has 1 aromatic carbocycles. The number of aldehydes is 1. The molecule has 116 valence electrons. The fourth-order valence-electron chi connectivity index (χ4n) is 2.77. The predicted octanol–water partition coefficient (Wildman–Crippen LogP) is 2.77. The van der Waals surface area contributed by atoms with Crippen molar-refractivity contribution >= 4 is 6.29 Å². The number of benzene rings is 1. The van der Waals surface area contributed by atoms with Gasteiger partial charge in [0, 0.05) is 18.7 Å². The lowest BCUT2D eigenvalue weighted by atomic mass is 10.2. The summed E-state index contributed by atoms with van der Waals surface area (Å²) in [5, 5.41) is 0. The third kappa shape index (κ3) is 5.48. The third-order valence-corrected chi connectivity index (χ3v) is 3.63. The number of ether oxygens (including phenoxy) is 2. The van der Waals surface area contributed by atoms with Gasteiger partial charge in [0.1, 0.15) is 12.0 Å². The van der Waals surface area contributed by atoms with E-state index in [1.165, 1.54) is 0 Å². The van der Waals surface area contributed by atoms with E-state index in [-0.39, 0.29) is 0 Å². The zero-order chi connectivity index (χ0) is 15.1. The van der Waals surface area contributed by atoms with Gasteiger partial charge in [-0.05, 0) is 45.4 Å². The van der Waals surface area contributed by atoms with Crippen molar-refractivity contribution in [3.05, 3.63) is 29.8 Å². The van der Waals surface area contributed by atoms with Crippen LogP contribution in [-0.4, -0.2) is 49.6 Å². The average Bonchev–Trinajstić information content (AvgIpc) is 2.46. The van der Waals surface area contributed by atoms with E-state index in [0.717, 1.165) is 44.5 Å². The van der Waals surface area contributed by atoms with Crippen molar-refractivity contribution in [1.82, 2.24) is 4.90 Å². The molecule has 0 aromatic heterocycles. The molecule has 2 atom stereocenters. The number of nitrogens with zero attached hydrogens (tertiary/aromatic N) is 1. The Kier molecular flexibility index (Phi) is 6.21. The van der Waals surface area contributed by atoms with Crippen LogP contribution < -0.4 is 4.74 Å². The Morgan fingerprint density at radius 3 is 2.76 bits per heavy atom. The van der Waals surface area contributed by atoms with E-state index in [0.29, 0.717) is 24.4 Å². The summed E-state index contributed by atoms with van der Waals surface area (Å²) in [7, 11) is 0. The summed E-state index contributed by atoms with van der Waals surface area (Å²) in [5.74, 6) is 0.771. The summed E-state index contributed by atoms with van der Waals surface area (Å²) in [6.45, 7) is 8.09. The third-order valence-electron chi connectivity index (χ3n) is 3.63. The first-order valence-electron chi connectivity index (χ1n) is 7.73. The minimum Gasteiger partial charge on any atom is -0.494 e. The van der Waals surface area contributed by atoms with Crippen LogP contribution in [-0.2, 0) is 4.74 Å². The fraction of sp³-hybridized carbons (Fsp3) is 0.588. The molecule has 0 spiro atoms. The largest absolute Gasteiger partial charge is 0.494 e. The van der Waals surface area contributed by atoms with Gasteiger partial charge in [-0.3, -0.25) is 9.69 Å². The van der Waals surface area contributed by atoms with Gasteiger partial charge in [0.25, 0.3) is 0 Å². The lowest BCUT2D eigenvalue weighted by Crippen LogP contribution is -2.45. The maximum atomic E-state index is 10.7. The van der Waals surface area contributed by atoms with Crippen LogP contribution in [0.25, 0.3) is 0 Å². The number of hydrogen-bond donors (Lipinski definition) is 0. The van der Waals surface area contributed by atoms with Crippen molar-refractivity contribution < 1.29 is 14.3 Å². The van der Waals surface area contributed by atoms with Gasteiger partial charge in [0.2, 0.25) is 0 Å². The predicted molar refractivity (Wildman–Crippen MR) is 83.0 cm³/mol. The van der Waals surface area contributed by atoms with E-state index in [1.54, 1.807) is 12.1 Å². The summed E-state index contributed by atoms with van der Waals surface area (Å²) >= 11 is 0. The molecule has 2 unspecified atom stereocenters. The Labute approximate surface area is 127 Å². The molecule has 1 fully saturated rings. The van der Waals surface area contributed by atoms with Crippen LogP contribution in [0.15, 0.2) is 24.3 Å². The minimum atomic E-state index is 0.330. The summed E-state index contributed by atoms with van der Waals surface area (Å²) in [6, 6.07) is 7.28. The average molecular weight is 291 g/mol. The highest BCUT2D eigenvalue weighted by atomic mass is 16.5. The van der Waals surface area contributed by atoms with Gasteiger partial charge >= 0.3 is 0 Å². The van der Waals surface area contributed by atoms with Gasteiger partial charge in [0.05, 0.1) is 18.8 Å². The lowest BCUT2D eigenvalue weighted by Gasteiger charge is -2.35. The van der Waals surface area contributed by atoms with Gasteiger partial charge in [-0.25, -0.2) is 0 Å². The molecular weight excluding hydrogens is 266 g/mol. The van der Waals surface area contributed by atoms with E-state index in [4.69, 9.17) is 9.47 Å². The lowest BCUT2D eigenvalue weighted by molar-refractivity contribution is -0.0682. The highest BCUT2D eigenvalue weighted by Crippen LogP contribution is 2.13. The highest BCUT2D eigenvalue weighted by molar-refractivity contribution is 5.75. The van der Waals surface area contributed by atoms with Crippen molar-refractivity contribution in [2.24, 2.45) is 0 Å². The first-order chi connectivity index (χ1) is 10.2. The molecule has 0 radical (unpaired) electrons. The normalized spacial score (nSPS) is 23.0. The zero-order valence-electron chi connectivity index (χ0n) is 13.0. The molecule has 1 aromatic rings. The minimum absolute atomic E-state index is 0.330. The monoisotopic (exact) mass is 291 g/mol. The van der Waals surface area contributed by atoms with Crippen LogP contribution in [0, 0.1) is 0 Å². The fourth-order valence-corrected chi connectivity index (χ4v) is 2.77. The Morgan fingerprint density at radius 2 is 2.05 bits per heavy atom. The smallest absolute Gasteiger partial charge is 0.150 e. The summed E-state index contributed by atoms with van der Waals surface area (Å²) in [6.07, 6.45) is 3.64. The molecule has 4 heteroatoms. The van der Waals surface area contributed by atoms with Crippen LogP contribution >= 0.6 is 0 Å². The molecule has 4 nitrogen and oxygen atoms in total. The molecule has 1 heterocycles. The van der Waals surface area contributed by atoms with Crippen molar-refractivity contribution in [1.29, 1.82) is 0 Å². The molecule has 1 aliphatic heterocycles.